The Labute approximate surface area is 209 Å². The molecule has 0 heterocycles. The lowest BCUT2D eigenvalue weighted by molar-refractivity contribution is 0.0951. The Morgan fingerprint density at radius 1 is 0.882 bits per heavy atom. The van der Waals surface area contributed by atoms with Gasteiger partial charge in [-0.05, 0) is 41.5 Å². The minimum absolute atomic E-state index is 0.0110. The highest BCUT2D eigenvalue weighted by Crippen LogP contribution is 2.37. The summed E-state index contributed by atoms with van der Waals surface area (Å²) >= 11 is 11.9. The highest BCUT2D eigenvalue weighted by molar-refractivity contribution is 7.92. The number of carbonyl (C=O) groups is 1. The zero-order valence-corrected chi connectivity index (χ0v) is 21.2. The van der Waals surface area contributed by atoms with E-state index in [0.717, 1.165) is 16.1 Å². The number of methoxy groups -OCH3 is 2. The fourth-order valence-corrected chi connectivity index (χ4v) is 4.42. The van der Waals surface area contributed by atoms with Gasteiger partial charge in [0, 0.05) is 22.7 Å². The van der Waals surface area contributed by atoms with Crippen LogP contribution in [0.15, 0.2) is 60.7 Å². The topological polar surface area (TPSA) is 84.9 Å². The molecular formula is C24H24Cl2N2O5S. The van der Waals surface area contributed by atoms with E-state index in [1.807, 2.05) is 0 Å². The maximum absolute atomic E-state index is 13.2. The van der Waals surface area contributed by atoms with Crippen molar-refractivity contribution >= 4 is 44.8 Å². The number of nitrogens with one attached hydrogen (secondary N) is 1. The summed E-state index contributed by atoms with van der Waals surface area (Å²) in [5.74, 6) is 0.106. The Hall–Kier alpha value is -2.94. The predicted octanol–water partition coefficient (Wildman–Crippen LogP) is 4.91. The van der Waals surface area contributed by atoms with Gasteiger partial charge in [-0.3, -0.25) is 9.10 Å². The summed E-state index contributed by atoms with van der Waals surface area (Å²) in [5.41, 5.74) is 1.80. The minimum Gasteiger partial charge on any atom is -0.493 e. The SMILES string of the molecule is COc1cc(C(=O)NCc2ccc(Cl)cc2)c(N(Cc2ccc(Cl)cc2)S(C)(=O)=O)cc1OC. The monoisotopic (exact) mass is 522 g/mol. The van der Waals surface area contributed by atoms with Crippen LogP contribution >= 0.6 is 23.2 Å². The lowest BCUT2D eigenvalue weighted by Gasteiger charge is -2.26. The fraction of sp³-hybridized carbons (Fsp3) is 0.208. The summed E-state index contributed by atoms with van der Waals surface area (Å²) in [6.45, 7) is 0.211. The van der Waals surface area contributed by atoms with Crippen LogP contribution in [0.1, 0.15) is 21.5 Å². The van der Waals surface area contributed by atoms with Crippen LogP contribution in [0.2, 0.25) is 10.0 Å². The smallest absolute Gasteiger partial charge is 0.253 e. The summed E-state index contributed by atoms with van der Waals surface area (Å²) in [4.78, 5) is 13.2. The molecule has 0 saturated heterocycles. The van der Waals surface area contributed by atoms with E-state index in [2.05, 4.69) is 5.32 Å². The van der Waals surface area contributed by atoms with Crippen molar-refractivity contribution in [2.24, 2.45) is 0 Å². The van der Waals surface area contributed by atoms with E-state index in [1.165, 1.54) is 26.4 Å². The molecule has 1 amide bonds. The third-order valence-corrected chi connectivity index (χ3v) is 6.65. The van der Waals surface area contributed by atoms with E-state index in [-0.39, 0.29) is 30.1 Å². The summed E-state index contributed by atoms with van der Waals surface area (Å²) in [6, 6.07) is 16.8. The Bertz CT molecular complexity index is 1260. The number of rotatable bonds is 9. The van der Waals surface area contributed by atoms with E-state index in [1.54, 1.807) is 48.5 Å². The van der Waals surface area contributed by atoms with E-state index in [9.17, 15) is 13.2 Å². The number of hydrogen-bond acceptors (Lipinski definition) is 5. The van der Waals surface area contributed by atoms with Gasteiger partial charge in [-0.1, -0.05) is 47.5 Å². The number of anilines is 1. The van der Waals surface area contributed by atoms with Crippen molar-refractivity contribution in [1.82, 2.24) is 5.32 Å². The average Bonchev–Trinajstić information content (AvgIpc) is 2.81. The first-order chi connectivity index (χ1) is 16.1. The van der Waals surface area contributed by atoms with Gasteiger partial charge in [0.1, 0.15) is 0 Å². The lowest BCUT2D eigenvalue weighted by Crippen LogP contribution is -2.32. The molecule has 0 fully saturated rings. The summed E-state index contributed by atoms with van der Waals surface area (Å²) in [7, 11) is -0.914. The third-order valence-electron chi connectivity index (χ3n) is 5.02. The van der Waals surface area contributed by atoms with Crippen molar-refractivity contribution in [3.05, 3.63) is 87.4 Å². The zero-order chi connectivity index (χ0) is 24.9. The molecule has 1 N–H and O–H groups in total. The molecule has 3 rings (SSSR count). The molecule has 0 unspecified atom stereocenters. The first-order valence-corrected chi connectivity index (χ1v) is 12.7. The van der Waals surface area contributed by atoms with Gasteiger partial charge in [-0.25, -0.2) is 8.42 Å². The van der Waals surface area contributed by atoms with E-state index in [0.29, 0.717) is 21.4 Å². The molecule has 0 aliphatic rings. The summed E-state index contributed by atoms with van der Waals surface area (Å²) in [6.07, 6.45) is 1.08. The summed E-state index contributed by atoms with van der Waals surface area (Å²) < 4.78 is 37.5. The molecule has 3 aromatic carbocycles. The quantitative estimate of drug-likeness (QED) is 0.431. The number of hydrogen-bond donors (Lipinski definition) is 1. The maximum Gasteiger partial charge on any atom is 0.253 e. The molecule has 0 saturated carbocycles. The highest BCUT2D eigenvalue weighted by atomic mass is 35.5. The zero-order valence-electron chi connectivity index (χ0n) is 18.8. The minimum atomic E-state index is -3.79. The molecular weight excluding hydrogens is 499 g/mol. The van der Waals surface area contributed by atoms with E-state index < -0.39 is 15.9 Å². The average molecular weight is 523 g/mol. The van der Waals surface area contributed by atoms with Gasteiger partial charge in [0.2, 0.25) is 10.0 Å². The van der Waals surface area contributed by atoms with E-state index >= 15 is 0 Å². The molecule has 10 heteroatoms. The Kier molecular flexibility index (Phi) is 8.30. The Morgan fingerprint density at radius 3 is 1.88 bits per heavy atom. The van der Waals surface area contributed by atoms with Crippen molar-refractivity contribution in [3.63, 3.8) is 0 Å². The van der Waals surface area contributed by atoms with Crippen molar-refractivity contribution in [3.8, 4) is 11.5 Å². The second-order valence-electron chi connectivity index (χ2n) is 7.43. The molecule has 3 aromatic rings. The van der Waals surface area contributed by atoms with Crippen molar-refractivity contribution < 1.29 is 22.7 Å². The van der Waals surface area contributed by atoms with Crippen LogP contribution in [-0.4, -0.2) is 34.8 Å². The van der Waals surface area contributed by atoms with Crippen LogP contribution in [0.3, 0.4) is 0 Å². The summed E-state index contributed by atoms with van der Waals surface area (Å²) in [5, 5.41) is 3.94. The van der Waals surface area contributed by atoms with Crippen molar-refractivity contribution in [2.75, 3.05) is 24.8 Å². The molecule has 0 aliphatic heterocycles. The molecule has 34 heavy (non-hydrogen) atoms. The van der Waals surface area contributed by atoms with Crippen LogP contribution in [0.25, 0.3) is 0 Å². The first-order valence-electron chi connectivity index (χ1n) is 10.1. The molecule has 0 aliphatic carbocycles. The Balaban J connectivity index is 2.04. The second kappa shape index (κ2) is 11.0. The van der Waals surface area contributed by atoms with E-state index in [4.69, 9.17) is 32.7 Å². The maximum atomic E-state index is 13.2. The number of ether oxygens (including phenoxy) is 2. The number of halogens is 2. The first kappa shape index (κ1) is 25.7. The van der Waals surface area contributed by atoms with Crippen LogP contribution in [0.4, 0.5) is 5.69 Å². The number of carbonyl (C=O) groups excluding carboxylic acids is 1. The number of amides is 1. The normalized spacial score (nSPS) is 11.1. The number of benzene rings is 3. The van der Waals surface area contributed by atoms with Gasteiger partial charge in [-0.2, -0.15) is 0 Å². The van der Waals surface area contributed by atoms with Gasteiger partial charge in [-0.15, -0.1) is 0 Å². The van der Waals surface area contributed by atoms with Gasteiger partial charge < -0.3 is 14.8 Å². The largest absolute Gasteiger partial charge is 0.493 e. The van der Waals surface area contributed by atoms with Crippen LogP contribution in [0.5, 0.6) is 11.5 Å². The third kappa shape index (κ3) is 6.34. The van der Waals surface area contributed by atoms with Crippen molar-refractivity contribution in [2.45, 2.75) is 13.1 Å². The molecule has 0 spiro atoms. The molecule has 7 nitrogen and oxygen atoms in total. The Morgan fingerprint density at radius 2 is 1.38 bits per heavy atom. The molecule has 0 bridgehead atoms. The number of sulfonamides is 1. The van der Waals surface area contributed by atoms with Gasteiger partial charge in [0.25, 0.3) is 5.91 Å². The molecule has 0 radical (unpaired) electrons. The second-order valence-corrected chi connectivity index (χ2v) is 10.2. The standard InChI is InChI=1S/C24H24Cl2N2O5S/c1-32-22-12-20(24(29)27-14-16-4-8-18(25)9-5-16)21(13-23(22)33-2)28(34(3,30)31)15-17-6-10-19(26)11-7-17/h4-13H,14-15H2,1-3H3,(H,27,29). The molecule has 180 valence electrons. The van der Waals surface area contributed by atoms with Crippen LogP contribution in [-0.2, 0) is 23.1 Å². The molecule has 0 atom stereocenters. The lowest BCUT2D eigenvalue weighted by atomic mass is 10.1. The highest BCUT2D eigenvalue weighted by Gasteiger charge is 2.26. The number of nitrogens with zero attached hydrogens (tertiary/aromatic N) is 1. The van der Waals surface area contributed by atoms with Crippen LogP contribution in [0, 0.1) is 0 Å². The fourth-order valence-electron chi connectivity index (χ4n) is 3.27. The van der Waals surface area contributed by atoms with Crippen molar-refractivity contribution in [1.29, 1.82) is 0 Å². The van der Waals surface area contributed by atoms with Gasteiger partial charge in [0.15, 0.2) is 11.5 Å². The predicted molar refractivity (Wildman–Crippen MR) is 135 cm³/mol. The van der Waals surface area contributed by atoms with Gasteiger partial charge in [0.05, 0.1) is 38.3 Å². The van der Waals surface area contributed by atoms with Gasteiger partial charge >= 0.3 is 0 Å². The molecule has 0 aromatic heterocycles. The van der Waals surface area contributed by atoms with Crippen LogP contribution < -0.4 is 19.1 Å².